The molecule has 1 heterocycles. The van der Waals surface area contributed by atoms with Gasteiger partial charge in [-0.2, -0.15) is 5.10 Å². The van der Waals surface area contributed by atoms with Gasteiger partial charge in [0.15, 0.2) is 0 Å². The average Bonchev–Trinajstić information content (AvgIpc) is 2.67. The van der Waals surface area contributed by atoms with E-state index in [1.54, 1.807) is 0 Å². The van der Waals surface area contributed by atoms with E-state index in [1.807, 2.05) is 18.7 Å². The Hall–Kier alpha value is -0.800. The van der Waals surface area contributed by atoms with E-state index in [4.69, 9.17) is 11.6 Å². The van der Waals surface area contributed by atoms with Gasteiger partial charge >= 0.3 is 0 Å². The number of hydrogen-bond acceptors (Lipinski definition) is 2. The Labute approximate surface area is 113 Å². The van der Waals surface area contributed by atoms with Gasteiger partial charge in [-0.1, -0.05) is 30.7 Å². The van der Waals surface area contributed by atoms with E-state index in [0.29, 0.717) is 12.3 Å². The first-order chi connectivity index (χ1) is 8.63. The minimum Gasteiger partial charge on any atom is -0.392 e. The van der Waals surface area contributed by atoms with E-state index >= 15 is 0 Å². The zero-order chi connectivity index (χ0) is 13.1. The van der Waals surface area contributed by atoms with E-state index in [-0.39, 0.29) is 6.10 Å². The first-order valence-electron chi connectivity index (χ1n) is 6.66. The average molecular weight is 269 g/mol. The van der Waals surface area contributed by atoms with Gasteiger partial charge in [0, 0.05) is 13.5 Å². The standard InChI is InChI=1S/C14H21ClN2O/c1-3-11-14(15)12(17(2)16-11)9-13(18)10-7-5-4-6-8-10/h4-5,10,13,18H,3,6-9H2,1-2H3. The van der Waals surface area contributed by atoms with Gasteiger partial charge in [0.1, 0.15) is 0 Å². The first kappa shape index (κ1) is 13.6. The van der Waals surface area contributed by atoms with Crippen LogP contribution in [0.25, 0.3) is 0 Å². The van der Waals surface area contributed by atoms with Crippen LogP contribution in [-0.4, -0.2) is 21.0 Å². The Morgan fingerprint density at radius 1 is 1.56 bits per heavy atom. The monoisotopic (exact) mass is 268 g/mol. The summed E-state index contributed by atoms with van der Waals surface area (Å²) >= 11 is 6.30. The van der Waals surface area contributed by atoms with E-state index in [0.717, 1.165) is 42.1 Å². The van der Waals surface area contributed by atoms with Crippen molar-refractivity contribution in [2.45, 2.75) is 45.1 Å². The lowest BCUT2D eigenvalue weighted by Gasteiger charge is -2.23. The zero-order valence-electron chi connectivity index (χ0n) is 11.1. The molecule has 18 heavy (non-hydrogen) atoms. The van der Waals surface area contributed by atoms with Crippen LogP contribution in [-0.2, 0) is 19.9 Å². The molecule has 1 aliphatic rings. The summed E-state index contributed by atoms with van der Waals surface area (Å²) in [5.41, 5.74) is 1.88. The Balaban J connectivity index is 2.08. The molecule has 0 radical (unpaired) electrons. The van der Waals surface area contributed by atoms with Crippen LogP contribution in [0.3, 0.4) is 0 Å². The van der Waals surface area contributed by atoms with Gasteiger partial charge in [0.25, 0.3) is 0 Å². The van der Waals surface area contributed by atoms with Crippen LogP contribution >= 0.6 is 11.6 Å². The van der Waals surface area contributed by atoms with Crippen LogP contribution in [0.2, 0.25) is 5.02 Å². The highest BCUT2D eigenvalue weighted by molar-refractivity contribution is 6.31. The molecule has 0 spiro atoms. The maximum absolute atomic E-state index is 10.3. The third-order valence-corrected chi connectivity index (χ3v) is 4.20. The fraction of sp³-hybridized carbons (Fsp3) is 0.643. The van der Waals surface area contributed by atoms with Crippen molar-refractivity contribution in [2.75, 3.05) is 0 Å². The summed E-state index contributed by atoms with van der Waals surface area (Å²) in [4.78, 5) is 0. The third-order valence-electron chi connectivity index (χ3n) is 3.76. The molecule has 2 unspecified atom stereocenters. The number of allylic oxidation sites excluding steroid dienone is 2. The molecule has 1 aliphatic carbocycles. The van der Waals surface area contributed by atoms with Gasteiger partial charge < -0.3 is 5.11 Å². The van der Waals surface area contributed by atoms with Crippen LogP contribution in [0, 0.1) is 5.92 Å². The van der Waals surface area contributed by atoms with Crippen molar-refractivity contribution >= 4 is 11.6 Å². The molecule has 0 bridgehead atoms. The molecule has 0 amide bonds. The maximum atomic E-state index is 10.3. The van der Waals surface area contributed by atoms with E-state index in [2.05, 4.69) is 17.3 Å². The van der Waals surface area contributed by atoms with Gasteiger partial charge in [0.05, 0.1) is 22.5 Å². The Kier molecular flexibility index (Phi) is 4.46. The number of nitrogens with zero attached hydrogens (tertiary/aromatic N) is 2. The lowest BCUT2D eigenvalue weighted by Crippen LogP contribution is -2.24. The maximum Gasteiger partial charge on any atom is 0.0850 e. The number of aromatic nitrogens is 2. The molecule has 1 aromatic rings. The molecule has 2 atom stereocenters. The number of hydrogen-bond donors (Lipinski definition) is 1. The fourth-order valence-electron chi connectivity index (χ4n) is 2.57. The third kappa shape index (κ3) is 2.78. The van der Waals surface area contributed by atoms with Crippen molar-refractivity contribution in [3.05, 3.63) is 28.6 Å². The minimum atomic E-state index is -0.326. The van der Waals surface area contributed by atoms with Crippen LogP contribution < -0.4 is 0 Å². The smallest absolute Gasteiger partial charge is 0.0850 e. The van der Waals surface area contributed by atoms with Gasteiger partial charge in [-0.05, 0) is 31.6 Å². The van der Waals surface area contributed by atoms with E-state index < -0.39 is 0 Å². The Bertz CT molecular complexity index is 439. The number of halogens is 1. The highest BCUT2D eigenvalue weighted by Crippen LogP contribution is 2.27. The molecule has 100 valence electrons. The molecule has 0 aromatic carbocycles. The molecule has 1 aromatic heterocycles. The van der Waals surface area contributed by atoms with Gasteiger partial charge in [-0.3, -0.25) is 4.68 Å². The predicted octanol–water partition coefficient (Wildman–Crippen LogP) is 2.90. The fourth-order valence-corrected chi connectivity index (χ4v) is 2.94. The summed E-state index contributed by atoms with van der Waals surface area (Å²) in [6.07, 6.45) is 8.56. The molecule has 0 saturated carbocycles. The predicted molar refractivity (Wildman–Crippen MR) is 73.8 cm³/mol. The van der Waals surface area contributed by atoms with Crippen LogP contribution in [0.1, 0.15) is 37.6 Å². The Morgan fingerprint density at radius 2 is 2.33 bits per heavy atom. The second-order valence-electron chi connectivity index (χ2n) is 5.00. The molecule has 0 fully saturated rings. The summed E-state index contributed by atoms with van der Waals surface area (Å²) in [7, 11) is 1.90. The lowest BCUT2D eigenvalue weighted by atomic mass is 9.87. The second kappa shape index (κ2) is 5.89. The summed E-state index contributed by atoms with van der Waals surface area (Å²) in [6.45, 7) is 2.04. The van der Waals surface area contributed by atoms with Gasteiger partial charge in [-0.15, -0.1) is 0 Å². The van der Waals surface area contributed by atoms with Gasteiger partial charge in [-0.25, -0.2) is 0 Å². The topological polar surface area (TPSA) is 38.0 Å². The van der Waals surface area contributed by atoms with Crippen molar-refractivity contribution < 1.29 is 5.11 Å². The molecule has 1 N–H and O–H groups in total. The second-order valence-corrected chi connectivity index (χ2v) is 5.38. The van der Waals surface area contributed by atoms with Crippen LogP contribution in [0.5, 0.6) is 0 Å². The molecule has 3 nitrogen and oxygen atoms in total. The van der Waals surface area contributed by atoms with Crippen molar-refractivity contribution in [2.24, 2.45) is 13.0 Å². The van der Waals surface area contributed by atoms with E-state index in [9.17, 15) is 5.11 Å². The molecule has 0 aliphatic heterocycles. The molecule has 4 heteroatoms. The SMILES string of the molecule is CCc1nn(C)c(CC(O)C2CC=CCC2)c1Cl. The molecule has 0 saturated heterocycles. The van der Waals surface area contributed by atoms with Crippen molar-refractivity contribution in [3.8, 4) is 0 Å². The largest absolute Gasteiger partial charge is 0.392 e. The Morgan fingerprint density at radius 3 is 2.89 bits per heavy atom. The number of rotatable bonds is 4. The lowest BCUT2D eigenvalue weighted by molar-refractivity contribution is 0.100. The number of aryl methyl sites for hydroxylation is 2. The van der Waals surface area contributed by atoms with Crippen molar-refractivity contribution in [1.82, 2.24) is 9.78 Å². The number of aliphatic hydroxyl groups is 1. The molecular formula is C14H21ClN2O. The van der Waals surface area contributed by atoms with Crippen molar-refractivity contribution in [1.29, 1.82) is 0 Å². The summed E-state index contributed by atoms with van der Waals surface area (Å²) in [6, 6.07) is 0. The summed E-state index contributed by atoms with van der Waals surface area (Å²) in [5.74, 6) is 0.353. The van der Waals surface area contributed by atoms with Gasteiger partial charge in [0.2, 0.25) is 0 Å². The highest BCUT2D eigenvalue weighted by Gasteiger charge is 2.23. The summed E-state index contributed by atoms with van der Waals surface area (Å²) < 4.78 is 1.81. The normalized spacial score (nSPS) is 21.2. The first-order valence-corrected chi connectivity index (χ1v) is 7.04. The zero-order valence-corrected chi connectivity index (χ0v) is 11.8. The van der Waals surface area contributed by atoms with Crippen molar-refractivity contribution in [3.63, 3.8) is 0 Å². The quantitative estimate of drug-likeness (QED) is 0.853. The summed E-state index contributed by atoms with van der Waals surface area (Å²) in [5, 5.41) is 15.4. The van der Waals surface area contributed by atoms with Crippen LogP contribution in [0.15, 0.2) is 12.2 Å². The molecular weight excluding hydrogens is 248 g/mol. The molecule has 2 rings (SSSR count). The highest BCUT2D eigenvalue weighted by atomic mass is 35.5. The minimum absolute atomic E-state index is 0.326. The van der Waals surface area contributed by atoms with E-state index in [1.165, 1.54) is 0 Å². The van der Waals surface area contributed by atoms with Crippen LogP contribution in [0.4, 0.5) is 0 Å². The number of aliphatic hydroxyl groups excluding tert-OH is 1.